The number of hydrogen-bond donors (Lipinski definition) is 1. The molecule has 0 saturated carbocycles. The molecule has 1 unspecified atom stereocenters. The van der Waals surface area contributed by atoms with Crippen LogP contribution in [0.5, 0.6) is 0 Å². The van der Waals surface area contributed by atoms with Crippen molar-refractivity contribution in [3.8, 4) is 0 Å². The van der Waals surface area contributed by atoms with Crippen LogP contribution in [0.4, 0.5) is 4.79 Å². The number of amides is 2. The number of sulfone groups is 1. The predicted molar refractivity (Wildman–Crippen MR) is 118 cm³/mol. The van der Waals surface area contributed by atoms with Crippen LogP contribution in [0.15, 0.2) is 47.4 Å². The van der Waals surface area contributed by atoms with Gasteiger partial charge in [0, 0.05) is 48.4 Å². The summed E-state index contributed by atoms with van der Waals surface area (Å²) in [6.45, 7) is 1.07. The SMILES string of the molecule is CS(=O)(=O)c1ccc(CN2CC(CC(=O)O)CN(Cc3ccc(Cl)cc3Cl)C2=O)cc1. The topological polar surface area (TPSA) is 95.0 Å². The fraction of sp³-hybridized carbons (Fsp3) is 0.333. The number of aliphatic carboxylic acids is 1. The summed E-state index contributed by atoms with van der Waals surface area (Å²) in [5.74, 6) is -1.18. The Labute approximate surface area is 191 Å². The Hall–Kier alpha value is -2.29. The van der Waals surface area contributed by atoms with Crippen LogP contribution in [-0.2, 0) is 27.7 Å². The number of nitrogens with zero attached hydrogens (tertiary/aromatic N) is 2. The molecule has 1 N–H and O–H groups in total. The van der Waals surface area contributed by atoms with Gasteiger partial charge in [-0.05, 0) is 35.4 Å². The molecule has 10 heteroatoms. The number of halogens is 2. The van der Waals surface area contributed by atoms with Gasteiger partial charge < -0.3 is 14.9 Å². The van der Waals surface area contributed by atoms with Crippen LogP contribution < -0.4 is 0 Å². The molecular formula is C21H22Cl2N2O5S. The number of hydrogen-bond acceptors (Lipinski definition) is 4. The standard InChI is InChI=1S/C21H22Cl2N2O5S/c1-31(29,30)18-6-2-14(3-7-18)10-24-11-15(8-20(26)27)12-25(21(24)28)13-16-4-5-17(22)9-19(16)23/h2-7,9,15H,8,10-13H2,1H3,(H,26,27). The molecule has 1 saturated heterocycles. The molecule has 0 spiro atoms. The monoisotopic (exact) mass is 484 g/mol. The Balaban J connectivity index is 1.81. The number of benzene rings is 2. The van der Waals surface area contributed by atoms with Gasteiger partial charge in [-0.25, -0.2) is 13.2 Å². The Kier molecular flexibility index (Phi) is 7.13. The van der Waals surface area contributed by atoms with Gasteiger partial charge in [-0.1, -0.05) is 41.4 Å². The molecule has 1 aliphatic rings. The van der Waals surface area contributed by atoms with Crippen molar-refractivity contribution in [2.45, 2.75) is 24.4 Å². The van der Waals surface area contributed by atoms with E-state index in [1.54, 1.807) is 40.1 Å². The van der Waals surface area contributed by atoms with Crippen molar-refractivity contribution in [2.75, 3.05) is 19.3 Å². The average Bonchev–Trinajstić information content (AvgIpc) is 2.66. The lowest BCUT2D eigenvalue weighted by atomic mass is 10.0. The molecule has 3 rings (SSSR count). The highest BCUT2D eigenvalue weighted by Gasteiger charge is 2.33. The van der Waals surface area contributed by atoms with Crippen molar-refractivity contribution in [2.24, 2.45) is 5.92 Å². The molecule has 31 heavy (non-hydrogen) atoms. The van der Waals surface area contributed by atoms with Crippen LogP contribution in [-0.4, -0.2) is 54.7 Å². The van der Waals surface area contributed by atoms with Crippen molar-refractivity contribution in [3.05, 3.63) is 63.6 Å². The smallest absolute Gasteiger partial charge is 0.320 e. The molecule has 1 heterocycles. The molecule has 7 nitrogen and oxygen atoms in total. The van der Waals surface area contributed by atoms with Gasteiger partial charge in [-0.2, -0.15) is 0 Å². The third-order valence-electron chi connectivity index (χ3n) is 5.06. The van der Waals surface area contributed by atoms with Crippen molar-refractivity contribution in [3.63, 3.8) is 0 Å². The summed E-state index contributed by atoms with van der Waals surface area (Å²) >= 11 is 12.2. The molecule has 1 aliphatic heterocycles. The first kappa shape index (κ1) is 23.4. The molecule has 0 aliphatic carbocycles. The van der Waals surface area contributed by atoms with Crippen LogP contribution in [0.1, 0.15) is 17.5 Å². The maximum absolute atomic E-state index is 13.1. The van der Waals surface area contributed by atoms with E-state index in [0.717, 1.165) is 11.8 Å². The zero-order valence-electron chi connectivity index (χ0n) is 16.8. The number of carbonyl (C=O) groups excluding carboxylic acids is 1. The van der Waals surface area contributed by atoms with E-state index in [0.29, 0.717) is 28.7 Å². The molecule has 166 valence electrons. The normalized spacial score (nSPS) is 17.1. The van der Waals surface area contributed by atoms with Crippen LogP contribution in [0, 0.1) is 5.92 Å². The summed E-state index contributed by atoms with van der Waals surface area (Å²) in [7, 11) is -3.31. The molecular weight excluding hydrogens is 463 g/mol. The fourth-order valence-electron chi connectivity index (χ4n) is 3.60. The quantitative estimate of drug-likeness (QED) is 0.642. The summed E-state index contributed by atoms with van der Waals surface area (Å²) in [6, 6.07) is 11.1. The van der Waals surface area contributed by atoms with Gasteiger partial charge in [0.25, 0.3) is 0 Å². The van der Waals surface area contributed by atoms with E-state index in [1.165, 1.54) is 12.1 Å². The van der Waals surface area contributed by atoms with Gasteiger partial charge in [0.05, 0.1) is 11.3 Å². The van der Waals surface area contributed by atoms with Gasteiger partial charge in [-0.15, -0.1) is 0 Å². The highest BCUT2D eigenvalue weighted by Crippen LogP contribution is 2.26. The summed E-state index contributed by atoms with van der Waals surface area (Å²) < 4.78 is 23.3. The largest absolute Gasteiger partial charge is 0.481 e. The highest BCUT2D eigenvalue weighted by molar-refractivity contribution is 7.90. The van der Waals surface area contributed by atoms with Gasteiger partial charge in [-0.3, -0.25) is 4.79 Å². The zero-order valence-corrected chi connectivity index (χ0v) is 19.1. The minimum absolute atomic E-state index is 0.0678. The summed E-state index contributed by atoms with van der Waals surface area (Å²) in [5.41, 5.74) is 1.47. The number of carboxylic acid groups (broad SMARTS) is 1. The first-order valence-corrected chi connectivity index (χ1v) is 12.2. The molecule has 1 fully saturated rings. The summed E-state index contributed by atoms with van der Waals surface area (Å²) in [6.07, 6.45) is 1.06. The predicted octanol–water partition coefficient (Wildman–Crippen LogP) is 3.93. The lowest BCUT2D eigenvalue weighted by Crippen LogP contribution is -2.52. The van der Waals surface area contributed by atoms with E-state index in [2.05, 4.69) is 0 Å². The van der Waals surface area contributed by atoms with Crippen molar-refractivity contribution in [1.82, 2.24) is 9.80 Å². The first-order chi connectivity index (χ1) is 14.5. The number of rotatable bonds is 7. The van der Waals surface area contributed by atoms with E-state index in [1.807, 2.05) is 0 Å². The molecule has 0 bridgehead atoms. The van der Waals surface area contributed by atoms with Gasteiger partial charge >= 0.3 is 12.0 Å². The minimum atomic E-state index is -3.31. The Morgan fingerprint density at radius 2 is 1.68 bits per heavy atom. The molecule has 0 radical (unpaired) electrons. The maximum Gasteiger partial charge on any atom is 0.320 e. The van der Waals surface area contributed by atoms with Crippen molar-refractivity contribution in [1.29, 1.82) is 0 Å². The third kappa shape index (κ3) is 6.12. The third-order valence-corrected chi connectivity index (χ3v) is 6.78. The van der Waals surface area contributed by atoms with E-state index < -0.39 is 15.8 Å². The molecule has 1 atom stereocenters. The van der Waals surface area contributed by atoms with Crippen molar-refractivity contribution >= 4 is 45.0 Å². The second-order valence-corrected chi connectivity index (χ2v) is 10.5. The first-order valence-electron chi connectivity index (χ1n) is 9.51. The van der Waals surface area contributed by atoms with Crippen LogP contribution in [0.25, 0.3) is 0 Å². The number of carbonyl (C=O) groups is 2. The second kappa shape index (κ2) is 9.46. The fourth-order valence-corrected chi connectivity index (χ4v) is 4.69. The number of urea groups is 1. The number of carboxylic acids is 1. The average molecular weight is 485 g/mol. The Morgan fingerprint density at radius 1 is 1.06 bits per heavy atom. The molecule has 2 aromatic rings. The van der Waals surface area contributed by atoms with Gasteiger partial charge in [0.1, 0.15) is 0 Å². The zero-order chi connectivity index (χ0) is 22.8. The Bertz CT molecular complexity index is 1090. The molecule has 2 amide bonds. The second-order valence-electron chi connectivity index (χ2n) is 7.66. The minimum Gasteiger partial charge on any atom is -0.481 e. The highest BCUT2D eigenvalue weighted by atomic mass is 35.5. The summed E-state index contributed by atoms with van der Waals surface area (Å²) in [5, 5.41) is 10.2. The van der Waals surface area contributed by atoms with Crippen LogP contribution >= 0.6 is 23.2 Å². The maximum atomic E-state index is 13.1. The van der Waals surface area contributed by atoms with E-state index in [9.17, 15) is 23.1 Å². The molecule has 2 aromatic carbocycles. The molecule has 0 aromatic heterocycles. The van der Waals surface area contributed by atoms with Crippen LogP contribution in [0.2, 0.25) is 10.0 Å². The van der Waals surface area contributed by atoms with Gasteiger partial charge in [0.15, 0.2) is 9.84 Å². The van der Waals surface area contributed by atoms with Gasteiger partial charge in [0.2, 0.25) is 0 Å². The van der Waals surface area contributed by atoms with Crippen LogP contribution in [0.3, 0.4) is 0 Å². The Morgan fingerprint density at radius 3 is 2.23 bits per heavy atom. The van der Waals surface area contributed by atoms with E-state index in [-0.39, 0.29) is 36.4 Å². The van der Waals surface area contributed by atoms with Crippen molar-refractivity contribution < 1.29 is 23.1 Å². The summed E-state index contributed by atoms with van der Waals surface area (Å²) in [4.78, 5) is 27.8. The lowest BCUT2D eigenvalue weighted by molar-refractivity contribution is -0.138. The van der Waals surface area contributed by atoms with E-state index >= 15 is 0 Å². The van der Waals surface area contributed by atoms with E-state index in [4.69, 9.17) is 23.2 Å². The lowest BCUT2D eigenvalue weighted by Gasteiger charge is -2.40.